The van der Waals surface area contributed by atoms with Crippen LogP contribution in [0.4, 0.5) is 0 Å². The summed E-state index contributed by atoms with van der Waals surface area (Å²) in [7, 11) is 0. The molecule has 0 spiro atoms. The molecule has 6 heteroatoms. The predicted octanol–water partition coefficient (Wildman–Crippen LogP) is 19.8. The van der Waals surface area contributed by atoms with Crippen molar-refractivity contribution in [3.63, 3.8) is 0 Å². The molecule has 0 amide bonds. The molecule has 0 bridgehead atoms. The third-order valence-corrected chi connectivity index (χ3v) is 11.9. The molecule has 1 atom stereocenters. The highest BCUT2D eigenvalue weighted by molar-refractivity contribution is 5.71. The van der Waals surface area contributed by atoms with Crippen molar-refractivity contribution in [2.75, 3.05) is 13.2 Å². The Morgan fingerprint density at radius 2 is 0.569 bits per heavy atom. The van der Waals surface area contributed by atoms with Crippen molar-refractivity contribution in [1.29, 1.82) is 0 Å². The van der Waals surface area contributed by atoms with Crippen molar-refractivity contribution in [2.24, 2.45) is 0 Å². The van der Waals surface area contributed by atoms with E-state index in [9.17, 15) is 14.4 Å². The topological polar surface area (TPSA) is 78.9 Å². The standard InChI is InChI=1S/C66H106O6/c1-4-7-10-13-16-19-22-24-26-27-28-29-30-31-32-33-34-35-36-37-38-39-40-42-44-47-50-53-56-59-65(68)71-62-63(61-70-64(67)58-55-52-49-46-43-21-18-15-12-9-6-3)72-66(69)60-57-54-51-48-45-41-25-23-20-17-14-11-8-5-2/h7,10,14,16-17,19,23-26,28-29,31-32,34-35,37-38,40,42,47,50,63H,4-6,8-9,11-13,15,18,20-22,27,30,33,36,39,41,43-46,48-49,51-62H2,1-3H3/b10-7-,17-14-,19-16-,25-23-,26-24-,29-28-,32-31-,35-34-,38-37-,42-40-,50-47-. The fourth-order valence-corrected chi connectivity index (χ4v) is 7.52. The number of ether oxygens (including phenoxy) is 3. The van der Waals surface area contributed by atoms with Crippen molar-refractivity contribution in [2.45, 2.75) is 252 Å². The summed E-state index contributed by atoms with van der Waals surface area (Å²) in [6.45, 7) is 6.41. The summed E-state index contributed by atoms with van der Waals surface area (Å²) < 4.78 is 16.8. The molecular weight excluding hydrogens is 889 g/mol. The number of carbonyl (C=O) groups is 3. The van der Waals surface area contributed by atoms with Gasteiger partial charge < -0.3 is 14.2 Å². The van der Waals surface area contributed by atoms with Gasteiger partial charge in [0.25, 0.3) is 0 Å². The molecule has 0 fully saturated rings. The lowest BCUT2D eigenvalue weighted by Gasteiger charge is -2.18. The Bertz CT molecular complexity index is 1560. The van der Waals surface area contributed by atoms with E-state index in [0.717, 1.165) is 128 Å². The van der Waals surface area contributed by atoms with Crippen LogP contribution in [0.15, 0.2) is 134 Å². The molecule has 1 unspecified atom stereocenters. The van der Waals surface area contributed by atoms with Gasteiger partial charge >= 0.3 is 17.9 Å². The molecule has 0 aliphatic heterocycles. The van der Waals surface area contributed by atoms with E-state index in [2.05, 4.69) is 154 Å². The molecule has 0 aromatic carbocycles. The zero-order valence-electron chi connectivity index (χ0n) is 46.4. The van der Waals surface area contributed by atoms with Crippen molar-refractivity contribution in [3.8, 4) is 0 Å². The van der Waals surface area contributed by atoms with E-state index in [1.807, 2.05) is 0 Å². The van der Waals surface area contributed by atoms with Crippen LogP contribution < -0.4 is 0 Å². The number of hydrogen-bond donors (Lipinski definition) is 0. The molecule has 0 aliphatic rings. The van der Waals surface area contributed by atoms with E-state index >= 15 is 0 Å². The van der Waals surface area contributed by atoms with Crippen molar-refractivity contribution < 1.29 is 28.6 Å². The maximum absolute atomic E-state index is 12.8. The number of carbonyl (C=O) groups excluding carboxylic acids is 3. The zero-order chi connectivity index (χ0) is 52.2. The van der Waals surface area contributed by atoms with Gasteiger partial charge in [0.1, 0.15) is 13.2 Å². The molecule has 6 nitrogen and oxygen atoms in total. The van der Waals surface area contributed by atoms with E-state index in [-0.39, 0.29) is 37.5 Å². The number of hydrogen-bond acceptors (Lipinski definition) is 6. The van der Waals surface area contributed by atoms with E-state index in [4.69, 9.17) is 14.2 Å². The van der Waals surface area contributed by atoms with Gasteiger partial charge in [-0.2, -0.15) is 0 Å². The summed E-state index contributed by atoms with van der Waals surface area (Å²) in [5.41, 5.74) is 0. The monoisotopic (exact) mass is 995 g/mol. The van der Waals surface area contributed by atoms with Crippen LogP contribution in [0.3, 0.4) is 0 Å². The number of rotatable bonds is 51. The van der Waals surface area contributed by atoms with Gasteiger partial charge in [-0.1, -0.05) is 251 Å². The molecule has 0 saturated heterocycles. The lowest BCUT2D eigenvalue weighted by atomic mass is 10.1. The van der Waals surface area contributed by atoms with Gasteiger partial charge in [0.05, 0.1) is 0 Å². The largest absolute Gasteiger partial charge is 0.462 e. The van der Waals surface area contributed by atoms with E-state index in [0.29, 0.717) is 19.3 Å². The van der Waals surface area contributed by atoms with Crippen molar-refractivity contribution >= 4 is 17.9 Å². The fourth-order valence-electron chi connectivity index (χ4n) is 7.52. The van der Waals surface area contributed by atoms with E-state index < -0.39 is 6.10 Å². The molecule has 0 N–H and O–H groups in total. The lowest BCUT2D eigenvalue weighted by Crippen LogP contribution is -2.30. The molecular formula is C66H106O6. The Hall–Kier alpha value is -4.45. The molecule has 0 aromatic rings. The number of esters is 3. The van der Waals surface area contributed by atoms with Crippen LogP contribution in [0, 0.1) is 0 Å². The van der Waals surface area contributed by atoms with Gasteiger partial charge in [0.15, 0.2) is 6.10 Å². The summed E-state index contributed by atoms with van der Waals surface area (Å²) in [6.07, 6.45) is 83.1. The SMILES string of the molecule is CC/C=C\C/C=C\C/C=C\C/C=C\C/C=C\C/C=C\C/C=C\C/C=C\C/C=C\CCCC(=O)OCC(COC(=O)CCCCCCCCCCCCC)OC(=O)CCCCCCC/C=C\C/C=C\CCCC. The maximum Gasteiger partial charge on any atom is 0.306 e. The Labute approximate surface area is 443 Å². The molecule has 0 saturated carbocycles. The molecule has 0 radical (unpaired) electrons. The molecule has 0 aromatic heterocycles. The van der Waals surface area contributed by atoms with Crippen LogP contribution in [0.25, 0.3) is 0 Å². The average Bonchev–Trinajstić information content (AvgIpc) is 3.38. The normalized spacial score (nSPS) is 13.1. The fraction of sp³-hybridized carbons (Fsp3) is 0.621. The second kappa shape index (κ2) is 59.1. The van der Waals surface area contributed by atoms with Crippen molar-refractivity contribution in [3.05, 3.63) is 134 Å². The average molecular weight is 996 g/mol. The quantitative estimate of drug-likeness (QED) is 0.0261. The highest BCUT2D eigenvalue weighted by Crippen LogP contribution is 2.14. The Kier molecular flexibility index (Phi) is 55.5. The van der Waals surface area contributed by atoms with Gasteiger partial charge in [-0.05, 0) is 109 Å². The summed E-state index contributed by atoms with van der Waals surface area (Å²) >= 11 is 0. The molecule has 0 heterocycles. The first kappa shape index (κ1) is 67.5. The van der Waals surface area contributed by atoms with Gasteiger partial charge in [-0.15, -0.1) is 0 Å². The molecule has 406 valence electrons. The van der Waals surface area contributed by atoms with Gasteiger partial charge in [0, 0.05) is 19.3 Å². The summed E-state index contributed by atoms with van der Waals surface area (Å²) in [4.78, 5) is 38.1. The van der Waals surface area contributed by atoms with E-state index in [1.165, 1.54) is 70.6 Å². The Balaban J connectivity index is 4.41. The van der Waals surface area contributed by atoms with Crippen LogP contribution in [-0.2, 0) is 28.6 Å². The van der Waals surface area contributed by atoms with Crippen LogP contribution in [0.1, 0.15) is 245 Å². The third kappa shape index (κ3) is 56.5. The first-order valence-corrected chi connectivity index (χ1v) is 29.2. The van der Waals surface area contributed by atoms with Crippen LogP contribution in [0.5, 0.6) is 0 Å². The second-order valence-electron chi connectivity index (χ2n) is 18.8. The predicted molar refractivity (Wildman–Crippen MR) is 311 cm³/mol. The first-order chi connectivity index (χ1) is 35.5. The minimum atomic E-state index is -0.811. The number of unbranched alkanes of at least 4 members (excludes halogenated alkanes) is 18. The second-order valence-corrected chi connectivity index (χ2v) is 18.8. The Morgan fingerprint density at radius 3 is 0.944 bits per heavy atom. The van der Waals surface area contributed by atoms with Crippen LogP contribution >= 0.6 is 0 Å². The summed E-state index contributed by atoms with van der Waals surface area (Å²) in [6, 6.07) is 0. The molecule has 0 aliphatic carbocycles. The lowest BCUT2D eigenvalue weighted by molar-refractivity contribution is -0.167. The zero-order valence-corrected chi connectivity index (χ0v) is 46.4. The highest BCUT2D eigenvalue weighted by atomic mass is 16.6. The highest BCUT2D eigenvalue weighted by Gasteiger charge is 2.19. The van der Waals surface area contributed by atoms with Crippen LogP contribution in [0.2, 0.25) is 0 Å². The van der Waals surface area contributed by atoms with Gasteiger partial charge in [-0.3, -0.25) is 14.4 Å². The van der Waals surface area contributed by atoms with Crippen molar-refractivity contribution in [1.82, 2.24) is 0 Å². The summed E-state index contributed by atoms with van der Waals surface area (Å²) in [5, 5.41) is 0. The minimum Gasteiger partial charge on any atom is -0.462 e. The molecule has 72 heavy (non-hydrogen) atoms. The molecule has 0 rings (SSSR count). The van der Waals surface area contributed by atoms with E-state index in [1.54, 1.807) is 0 Å². The summed E-state index contributed by atoms with van der Waals surface area (Å²) in [5.74, 6) is -0.985. The van der Waals surface area contributed by atoms with Gasteiger partial charge in [-0.25, -0.2) is 0 Å². The smallest absolute Gasteiger partial charge is 0.306 e. The van der Waals surface area contributed by atoms with Crippen LogP contribution in [-0.4, -0.2) is 37.2 Å². The minimum absolute atomic E-state index is 0.104. The first-order valence-electron chi connectivity index (χ1n) is 29.2. The number of allylic oxidation sites excluding steroid dienone is 22. The maximum atomic E-state index is 12.8. The third-order valence-electron chi connectivity index (χ3n) is 11.9. The Morgan fingerprint density at radius 1 is 0.292 bits per heavy atom. The van der Waals surface area contributed by atoms with Gasteiger partial charge in [0.2, 0.25) is 0 Å².